The molecule has 1 aliphatic carbocycles. The average molecular weight is 284 g/mol. The fraction of sp³-hybridized carbons (Fsp3) is 0.875. The maximum Gasteiger partial charge on any atom is 0.309 e. The fourth-order valence-corrected chi connectivity index (χ4v) is 2.98. The number of rotatable bonds is 6. The maximum atomic E-state index is 12.2. The molecular weight excluding hydrogens is 256 g/mol. The van der Waals surface area contributed by atoms with Crippen molar-refractivity contribution in [3.05, 3.63) is 0 Å². The summed E-state index contributed by atoms with van der Waals surface area (Å²) in [6.45, 7) is 8.60. The highest BCUT2D eigenvalue weighted by Crippen LogP contribution is 2.38. The smallest absolute Gasteiger partial charge is 0.309 e. The van der Waals surface area contributed by atoms with Crippen LogP contribution in [0.25, 0.3) is 0 Å². The third-order valence-corrected chi connectivity index (χ3v) is 4.20. The van der Waals surface area contributed by atoms with Gasteiger partial charge in [-0.3, -0.25) is 9.59 Å². The van der Waals surface area contributed by atoms with Gasteiger partial charge in [-0.25, -0.2) is 0 Å². The SMILES string of the molecule is CCC(=O)OCCOC(=O)C1CC(C)CCC1C(C)C. The van der Waals surface area contributed by atoms with Gasteiger partial charge in [0.05, 0.1) is 5.92 Å². The molecule has 0 aliphatic heterocycles. The maximum absolute atomic E-state index is 12.2. The molecule has 0 heterocycles. The van der Waals surface area contributed by atoms with Gasteiger partial charge in [0.1, 0.15) is 13.2 Å². The lowest BCUT2D eigenvalue weighted by atomic mass is 9.70. The molecule has 1 rings (SSSR count). The van der Waals surface area contributed by atoms with Crippen LogP contribution in [0.15, 0.2) is 0 Å². The summed E-state index contributed by atoms with van der Waals surface area (Å²) in [4.78, 5) is 23.2. The molecule has 0 saturated heterocycles. The van der Waals surface area contributed by atoms with Crippen molar-refractivity contribution in [2.75, 3.05) is 13.2 Å². The Kier molecular flexibility index (Phi) is 7.03. The molecule has 1 saturated carbocycles. The summed E-state index contributed by atoms with van der Waals surface area (Å²) in [5.74, 6) is 1.12. The normalized spacial score (nSPS) is 26.4. The molecule has 3 unspecified atom stereocenters. The van der Waals surface area contributed by atoms with E-state index in [1.165, 1.54) is 6.42 Å². The second kappa shape index (κ2) is 8.28. The standard InChI is InChI=1S/C16H28O4/c1-5-15(17)19-8-9-20-16(18)14-10-12(4)6-7-13(14)11(2)3/h11-14H,5-10H2,1-4H3. The molecule has 3 atom stereocenters. The van der Waals surface area contributed by atoms with Crippen molar-refractivity contribution >= 4 is 11.9 Å². The Labute approximate surface area is 122 Å². The molecule has 4 heteroatoms. The van der Waals surface area contributed by atoms with E-state index in [4.69, 9.17) is 9.47 Å². The highest BCUT2D eigenvalue weighted by Gasteiger charge is 2.36. The fourth-order valence-electron chi connectivity index (χ4n) is 2.98. The van der Waals surface area contributed by atoms with Crippen molar-refractivity contribution in [3.8, 4) is 0 Å². The van der Waals surface area contributed by atoms with Crippen LogP contribution >= 0.6 is 0 Å². The second-order valence-corrected chi connectivity index (χ2v) is 6.17. The lowest BCUT2D eigenvalue weighted by molar-refractivity contribution is -0.158. The zero-order valence-corrected chi connectivity index (χ0v) is 13.2. The van der Waals surface area contributed by atoms with Gasteiger partial charge in [-0.15, -0.1) is 0 Å². The van der Waals surface area contributed by atoms with Crippen LogP contribution in [0.3, 0.4) is 0 Å². The minimum atomic E-state index is -0.257. The van der Waals surface area contributed by atoms with E-state index in [9.17, 15) is 9.59 Å². The minimum Gasteiger partial charge on any atom is -0.462 e. The summed E-state index contributed by atoms with van der Waals surface area (Å²) >= 11 is 0. The number of carbonyl (C=O) groups is 2. The molecule has 0 aromatic carbocycles. The Hall–Kier alpha value is -1.06. The van der Waals surface area contributed by atoms with Crippen LogP contribution in [0.5, 0.6) is 0 Å². The quantitative estimate of drug-likeness (QED) is 0.555. The van der Waals surface area contributed by atoms with Crippen LogP contribution in [0, 0.1) is 23.7 Å². The third-order valence-electron chi connectivity index (χ3n) is 4.20. The lowest BCUT2D eigenvalue weighted by Gasteiger charge is -2.35. The molecule has 0 radical (unpaired) electrons. The summed E-state index contributed by atoms with van der Waals surface area (Å²) in [6.07, 6.45) is 3.56. The number of carbonyl (C=O) groups excluding carboxylic acids is 2. The van der Waals surface area contributed by atoms with E-state index in [1.807, 2.05) is 0 Å². The van der Waals surface area contributed by atoms with Crippen molar-refractivity contribution < 1.29 is 19.1 Å². The Morgan fingerprint density at radius 3 is 2.40 bits per heavy atom. The summed E-state index contributed by atoms with van der Waals surface area (Å²) in [7, 11) is 0. The van der Waals surface area contributed by atoms with E-state index >= 15 is 0 Å². The molecule has 0 N–H and O–H groups in total. The summed E-state index contributed by atoms with van der Waals surface area (Å²) in [5.41, 5.74) is 0. The summed E-state index contributed by atoms with van der Waals surface area (Å²) < 4.78 is 10.2. The number of esters is 2. The molecule has 1 fully saturated rings. The van der Waals surface area contributed by atoms with Crippen molar-refractivity contribution in [2.45, 2.75) is 53.4 Å². The highest BCUT2D eigenvalue weighted by molar-refractivity contribution is 5.73. The van der Waals surface area contributed by atoms with Crippen molar-refractivity contribution in [1.29, 1.82) is 0 Å². The Morgan fingerprint density at radius 2 is 1.80 bits per heavy atom. The van der Waals surface area contributed by atoms with Crippen LogP contribution in [-0.4, -0.2) is 25.2 Å². The van der Waals surface area contributed by atoms with E-state index in [-0.39, 0.29) is 31.1 Å². The predicted octanol–water partition coefficient (Wildman–Crippen LogP) is 3.19. The highest BCUT2D eigenvalue weighted by atomic mass is 16.6. The zero-order valence-electron chi connectivity index (χ0n) is 13.2. The van der Waals surface area contributed by atoms with Crippen molar-refractivity contribution in [1.82, 2.24) is 0 Å². The number of hydrogen-bond donors (Lipinski definition) is 0. The molecular formula is C16H28O4. The first kappa shape index (κ1) is 17.0. The molecule has 20 heavy (non-hydrogen) atoms. The van der Waals surface area contributed by atoms with Crippen LogP contribution in [-0.2, 0) is 19.1 Å². The predicted molar refractivity (Wildman–Crippen MR) is 77.0 cm³/mol. The van der Waals surface area contributed by atoms with Crippen LogP contribution in [0.2, 0.25) is 0 Å². The van der Waals surface area contributed by atoms with Crippen molar-refractivity contribution in [2.24, 2.45) is 23.7 Å². The van der Waals surface area contributed by atoms with E-state index in [0.29, 0.717) is 24.2 Å². The first-order chi connectivity index (χ1) is 9.45. The van der Waals surface area contributed by atoms with Gasteiger partial charge < -0.3 is 9.47 Å². The van der Waals surface area contributed by atoms with Gasteiger partial charge in [0.25, 0.3) is 0 Å². The van der Waals surface area contributed by atoms with Crippen molar-refractivity contribution in [3.63, 3.8) is 0 Å². The van der Waals surface area contributed by atoms with Gasteiger partial charge in [-0.2, -0.15) is 0 Å². The van der Waals surface area contributed by atoms with E-state index < -0.39 is 0 Å². The van der Waals surface area contributed by atoms with Crippen LogP contribution in [0.1, 0.15) is 53.4 Å². The van der Waals surface area contributed by atoms with Gasteiger partial charge in [0, 0.05) is 6.42 Å². The first-order valence-electron chi connectivity index (χ1n) is 7.77. The largest absolute Gasteiger partial charge is 0.462 e. The van der Waals surface area contributed by atoms with E-state index in [1.54, 1.807) is 6.92 Å². The third kappa shape index (κ3) is 5.14. The number of ether oxygens (including phenoxy) is 2. The van der Waals surface area contributed by atoms with Gasteiger partial charge >= 0.3 is 11.9 Å². The Balaban J connectivity index is 2.40. The summed E-state index contributed by atoms with van der Waals surface area (Å²) in [5, 5.41) is 0. The molecule has 4 nitrogen and oxygen atoms in total. The molecule has 0 aromatic rings. The van der Waals surface area contributed by atoms with Gasteiger partial charge in [-0.1, -0.05) is 34.1 Å². The summed E-state index contributed by atoms with van der Waals surface area (Å²) in [6, 6.07) is 0. The van der Waals surface area contributed by atoms with Gasteiger partial charge in [-0.05, 0) is 30.6 Å². The van der Waals surface area contributed by atoms with Crippen LogP contribution in [0.4, 0.5) is 0 Å². The van der Waals surface area contributed by atoms with Gasteiger partial charge in [0.15, 0.2) is 0 Å². The number of hydrogen-bond acceptors (Lipinski definition) is 4. The lowest BCUT2D eigenvalue weighted by Crippen LogP contribution is -2.35. The molecule has 1 aliphatic rings. The zero-order chi connectivity index (χ0) is 15.1. The first-order valence-corrected chi connectivity index (χ1v) is 7.77. The Morgan fingerprint density at radius 1 is 1.15 bits per heavy atom. The Bertz CT molecular complexity index is 324. The minimum absolute atomic E-state index is 0.000580. The monoisotopic (exact) mass is 284 g/mol. The molecule has 0 aromatic heterocycles. The molecule has 116 valence electrons. The molecule has 0 bridgehead atoms. The second-order valence-electron chi connectivity index (χ2n) is 6.17. The van der Waals surface area contributed by atoms with Gasteiger partial charge in [0.2, 0.25) is 0 Å². The van der Waals surface area contributed by atoms with E-state index in [0.717, 1.165) is 12.8 Å². The molecule has 0 amide bonds. The molecule has 0 spiro atoms. The average Bonchev–Trinajstić information content (AvgIpc) is 2.42. The van der Waals surface area contributed by atoms with E-state index in [2.05, 4.69) is 20.8 Å². The topological polar surface area (TPSA) is 52.6 Å². The van der Waals surface area contributed by atoms with Crippen LogP contribution < -0.4 is 0 Å².